The lowest BCUT2D eigenvalue weighted by Crippen LogP contribution is -2.36. The summed E-state index contributed by atoms with van der Waals surface area (Å²) in [6.45, 7) is 4.15. The average Bonchev–Trinajstić information content (AvgIpc) is 2.90. The van der Waals surface area contributed by atoms with Crippen LogP contribution in [0.5, 0.6) is 11.5 Å². The number of esters is 1. The molecule has 6 nitrogen and oxygen atoms in total. The van der Waals surface area contributed by atoms with Gasteiger partial charge in [0.1, 0.15) is 12.4 Å². The molecule has 0 radical (unpaired) electrons. The van der Waals surface area contributed by atoms with Crippen molar-refractivity contribution in [2.75, 3.05) is 32.3 Å². The van der Waals surface area contributed by atoms with Gasteiger partial charge in [0.05, 0.1) is 19.8 Å². The summed E-state index contributed by atoms with van der Waals surface area (Å²) >= 11 is 1.69. The van der Waals surface area contributed by atoms with Crippen LogP contribution in [0.3, 0.4) is 0 Å². The molecule has 0 amide bonds. The molecular formula is C29H32FNO5S. The number of hydrogen-bond donors (Lipinski definition) is 1. The van der Waals surface area contributed by atoms with Crippen molar-refractivity contribution in [3.05, 3.63) is 81.9 Å². The normalized spacial score (nSPS) is 19.3. The lowest BCUT2D eigenvalue weighted by molar-refractivity contribution is -0.138. The number of hydrogen-bond acceptors (Lipinski definition) is 7. The number of ketones is 1. The van der Waals surface area contributed by atoms with Crippen molar-refractivity contribution in [2.24, 2.45) is 0 Å². The van der Waals surface area contributed by atoms with E-state index in [0.29, 0.717) is 46.1 Å². The van der Waals surface area contributed by atoms with E-state index >= 15 is 0 Å². The van der Waals surface area contributed by atoms with Gasteiger partial charge in [-0.2, -0.15) is 11.8 Å². The van der Waals surface area contributed by atoms with Crippen molar-refractivity contribution in [3.8, 4) is 11.5 Å². The van der Waals surface area contributed by atoms with Crippen LogP contribution >= 0.6 is 11.8 Å². The predicted octanol–water partition coefficient (Wildman–Crippen LogP) is 5.50. The number of carbonyl (C=O) groups excluding carboxylic acids is 2. The third-order valence-electron chi connectivity index (χ3n) is 6.79. The first-order chi connectivity index (χ1) is 17.9. The highest BCUT2D eigenvalue weighted by Crippen LogP contribution is 2.46. The highest BCUT2D eigenvalue weighted by Gasteiger charge is 2.41. The number of methoxy groups -OCH3 is 2. The fourth-order valence-electron chi connectivity index (χ4n) is 5.06. The number of allylic oxidation sites excluding steroid dienone is 3. The Bertz CT molecular complexity index is 1240. The minimum atomic E-state index is -0.623. The van der Waals surface area contributed by atoms with Crippen molar-refractivity contribution in [1.29, 1.82) is 0 Å². The number of nitrogens with one attached hydrogen (secondary N) is 1. The number of Topliss-reactive ketones (excluding diaryl/α,β-unsaturated/α-hetero) is 1. The molecule has 4 rings (SSSR count). The van der Waals surface area contributed by atoms with Crippen molar-refractivity contribution in [3.63, 3.8) is 0 Å². The maximum atomic E-state index is 13.8. The predicted molar refractivity (Wildman–Crippen MR) is 142 cm³/mol. The average molecular weight is 526 g/mol. The van der Waals surface area contributed by atoms with Crippen LogP contribution in [0.1, 0.15) is 49.7 Å². The van der Waals surface area contributed by atoms with Gasteiger partial charge in [-0.25, -0.2) is 9.18 Å². The second-order valence-corrected chi connectivity index (χ2v) is 10.4. The van der Waals surface area contributed by atoms with Gasteiger partial charge in [0, 0.05) is 35.1 Å². The van der Waals surface area contributed by atoms with E-state index in [0.717, 1.165) is 17.0 Å². The second-order valence-electron chi connectivity index (χ2n) is 9.02. The third-order valence-corrected chi connectivity index (χ3v) is 7.66. The number of carbonyl (C=O) groups is 2. The minimum absolute atomic E-state index is 0.0535. The minimum Gasteiger partial charge on any atom is -0.493 e. The molecule has 2 atom stereocenters. The maximum absolute atomic E-state index is 13.8. The lowest BCUT2D eigenvalue weighted by Gasteiger charge is -2.36. The number of halogens is 1. The zero-order chi connectivity index (χ0) is 26.5. The Kier molecular flexibility index (Phi) is 8.59. The summed E-state index contributed by atoms with van der Waals surface area (Å²) in [5.41, 5.74) is 4.01. The molecule has 8 heteroatoms. The summed E-state index contributed by atoms with van der Waals surface area (Å²) in [4.78, 5) is 27.0. The van der Waals surface area contributed by atoms with Crippen molar-refractivity contribution < 1.29 is 28.2 Å². The Balaban J connectivity index is 1.70. The van der Waals surface area contributed by atoms with E-state index in [1.807, 2.05) is 32.0 Å². The van der Waals surface area contributed by atoms with Crippen LogP contribution in [0.25, 0.3) is 0 Å². The van der Waals surface area contributed by atoms with Crippen LogP contribution in [-0.2, 0) is 14.3 Å². The Morgan fingerprint density at radius 3 is 2.43 bits per heavy atom. The zero-order valence-electron chi connectivity index (χ0n) is 21.6. The molecule has 1 aliphatic heterocycles. The van der Waals surface area contributed by atoms with E-state index in [4.69, 9.17) is 14.2 Å². The molecular weight excluding hydrogens is 493 g/mol. The molecule has 1 aliphatic carbocycles. The number of benzene rings is 2. The third kappa shape index (κ3) is 5.69. The Hall–Kier alpha value is -3.26. The zero-order valence-corrected chi connectivity index (χ0v) is 22.4. The van der Waals surface area contributed by atoms with Crippen molar-refractivity contribution >= 4 is 23.5 Å². The standard InChI is InChI=1S/C29H32FNO5S/c1-5-37-13-12-36-29(33)26-17(2)31-22-14-20(19-8-11-24(34-3)25(16-19)35-4)15-23(32)28(22)27(26)18-6-9-21(30)10-7-18/h6-11,16,20,27,31H,5,12-15H2,1-4H3. The van der Waals surface area contributed by atoms with E-state index in [-0.39, 0.29) is 30.5 Å². The topological polar surface area (TPSA) is 73.9 Å². The molecule has 0 saturated heterocycles. The molecule has 2 aromatic carbocycles. The summed E-state index contributed by atoms with van der Waals surface area (Å²) in [5, 5.41) is 3.35. The van der Waals surface area contributed by atoms with Gasteiger partial charge >= 0.3 is 5.97 Å². The molecule has 2 aromatic rings. The Morgan fingerprint density at radius 1 is 1.05 bits per heavy atom. The van der Waals surface area contributed by atoms with Gasteiger partial charge in [0.15, 0.2) is 17.3 Å². The molecule has 37 heavy (non-hydrogen) atoms. The molecule has 2 unspecified atom stereocenters. The quantitative estimate of drug-likeness (QED) is 0.342. The highest BCUT2D eigenvalue weighted by atomic mass is 32.2. The highest BCUT2D eigenvalue weighted by molar-refractivity contribution is 7.99. The van der Waals surface area contributed by atoms with Gasteiger partial charge in [-0.1, -0.05) is 25.1 Å². The van der Waals surface area contributed by atoms with E-state index in [1.165, 1.54) is 12.1 Å². The summed E-state index contributed by atoms with van der Waals surface area (Å²) in [6.07, 6.45) is 0.864. The lowest BCUT2D eigenvalue weighted by atomic mass is 9.71. The number of dihydropyridines is 1. The fraction of sp³-hybridized carbons (Fsp3) is 0.379. The van der Waals surface area contributed by atoms with E-state index in [2.05, 4.69) is 5.32 Å². The molecule has 0 fully saturated rings. The second kappa shape index (κ2) is 11.9. The first kappa shape index (κ1) is 26.8. The van der Waals surface area contributed by atoms with Crippen LogP contribution < -0.4 is 14.8 Å². The summed E-state index contributed by atoms with van der Waals surface area (Å²) in [7, 11) is 3.17. The van der Waals surface area contributed by atoms with Crippen molar-refractivity contribution in [1.82, 2.24) is 5.32 Å². The van der Waals surface area contributed by atoms with Crippen LogP contribution in [-0.4, -0.2) is 44.1 Å². The number of ether oxygens (including phenoxy) is 3. The van der Waals surface area contributed by atoms with E-state index < -0.39 is 11.9 Å². The summed E-state index contributed by atoms with van der Waals surface area (Å²) in [6, 6.07) is 11.7. The van der Waals surface area contributed by atoms with Gasteiger partial charge in [-0.05, 0) is 60.4 Å². The number of rotatable bonds is 9. The molecule has 0 saturated carbocycles. The molecule has 0 aromatic heterocycles. The molecule has 0 bridgehead atoms. The maximum Gasteiger partial charge on any atom is 0.336 e. The largest absolute Gasteiger partial charge is 0.493 e. The SMILES string of the molecule is CCSCCOC(=O)C1=C(C)NC2=C(C(=O)CC(c3ccc(OC)c(OC)c3)C2)C1c1ccc(F)cc1. The van der Waals surface area contributed by atoms with E-state index in [1.54, 1.807) is 38.1 Å². The summed E-state index contributed by atoms with van der Waals surface area (Å²) in [5.74, 6) is 1.28. The van der Waals surface area contributed by atoms with Gasteiger partial charge in [-0.3, -0.25) is 4.79 Å². The van der Waals surface area contributed by atoms with Crippen LogP contribution in [0, 0.1) is 5.82 Å². The van der Waals surface area contributed by atoms with Gasteiger partial charge in [-0.15, -0.1) is 0 Å². The van der Waals surface area contributed by atoms with Crippen LogP contribution in [0.4, 0.5) is 4.39 Å². The van der Waals surface area contributed by atoms with Crippen molar-refractivity contribution in [2.45, 2.75) is 38.5 Å². The van der Waals surface area contributed by atoms with Crippen LogP contribution in [0.15, 0.2) is 65.0 Å². The molecule has 1 N–H and O–H groups in total. The number of thioether (sulfide) groups is 1. The first-order valence-electron chi connectivity index (χ1n) is 12.3. The van der Waals surface area contributed by atoms with Crippen LogP contribution in [0.2, 0.25) is 0 Å². The van der Waals surface area contributed by atoms with Gasteiger partial charge in [0.2, 0.25) is 0 Å². The molecule has 196 valence electrons. The van der Waals surface area contributed by atoms with E-state index in [9.17, 15) is 14.0 Å². The van der Waals surface area contributed by atoms with Gasteiger partial charge in [0.25, 0.3) is 0 Å². The fourth-order valence-corrected chi connectivity index (χ4v) is 5.55. The monoisotopic (exact) mass is 525 g/mol. The molecule has 1 heterocycles. The smallest absolute Gasteiger partial charge is 0.336 e. The molecule has 0 spiro atoms. The Morgan fingerprint density at radius 2 is 1.76 bits per heavy atom. The molecule has 2 aliphatic rings. The van der Waals surface area contributed by atoms with Gasteiger partial charge < -0.3 is 19.5 Å². The first-order valence-corrected chi connectivity index (χ1v) is 13.5. The Labute approximate surface area is 221 Å². The summed E-state index contributed by atoms with van der Waals surface area (Å²) < 4.78 is 30.2.